The number of hydrogen-bond acceptors (Lipinski definition) is 5. The Labute approximate surface area is 213 Å². The first-order valence-electron chi connectivity index (χ1n) is 11.6. The molecule has 0 aliphatic carbocycles. The molecule has 0 bridgehead atoms. The van der Waals surface area contributed by atoms with Crippen molar-refractivity contribution in [2.75, 3.05) is 20.2 Å². The summed E-state index contributed by atoms with van der Waals surface area (Å²) < 4.78 is 28.9. The predicted octanol–water partition coefficient (Wildman–Crippen LogP) is 5.05. The summed E-state index contributed by atoms with van der Waals surface area (Å²) in [5.74, 6) is -1.24. The Balaban J connectivity index is 1.83. The summed E-state index contributed by atoms with van der Waals surface area (Å²) in [5.41, 5.74) is 7.38. The van der Waals surface area contributed by atoms with Gasteiger partial charge >= 0.3 is 6.03 Å². The van der Waals surface area contributed by atoms with Gasteiger partial charge in [0.05, 0.1) is 12.6 Å². The van der Waals surface area contributed by atoms with Crippen molar-refractivity contribution in [2.24, 2.45) is 10.8 Å². The van der Waals surface area contributed by atoms with E-state index in [-0.39, 0.29) is 17.2 Å². The number of rotatable bonds is 8. The van der Waals surface area contributed by atoms with E-state index in [9.17, 15) is 18.7 Å². The number of nitrogens with zero attached hydrogens (tertiary/aromatic N) is 3. The van der Waals surface area contributed by atoms with Gasteiger partial charge in [-0.3, -0.25) is 0 Å². The van der Waals surface area contributed by atoms with E-state index < -0.39 is 28.6 Å². The van der Waals surface area contributed by atoms with E-state index >= 15 is 0 Å². The van der Waals surface area contributed by atoms with E-state index in [1.165, 1.54) is 21.7 Å². The SMILES string of the molecule is CN(C(=O)N1N=C(c2cc(F)ccc2F)SC1(CCCN)c1ccccc1)[C@H](CO)c1ccccc1. The average Bonchev–Trinajstić information content (AvgIpc) is 3.30. The standard InChI is InChI=1S/C27H28F2N4O2S/c1-32(24(18-34)19-9-4-2-5-10-19)26(35)33-27(15-8-16-30,20-11-6-3-7-12-20)36-25(31-33)22-17-21(28)13-14-23(22)29/h2-7,9-14,17,24,34H,8,15-16,18,30H2,1H3/t24-,27?/m1/s1. The molecule has 188 valence electrons. The number of hydrogen-bond donors (Lipinski definition) is 2. The lowest BCUT2D eigenvalue weighted by Crippen LogP contribution is -2.48. The molecule has 0 saturated carbocycles. The van der Waals surface area contributed by atoms with Crippen LogP contribution in [-0.4, -0.2) is 46.3 Å². The summed E-state index contributed by atoms with van der Waals surface area (Å²) >= 11 is 1.20. The first kappa shape index (κ1) is 25.8. The zero-order valence-corrected chi connectivity index (χ0v) is 20.7. The van der Waals surface area contributed by atoms with Gasteiger partial charge in [-0.05, 0) is 48.7 Å². The van der Waals surface area contributed by atoms with Gasteiger partial charge in [-0.25, -0.2) is 13.6 Å². The van der Waals surface area contributed by atoms with Crippen LogP contribution in [0, 0.1) is 11.6 Å². The number of amides is 2. The van der Waals surface area contributed by atoms with E-state index in [1.807, 2.05) is 60.7 Å². The monoisotopic (exact) mass is 510 g/mol. The first-order valence-corrected chi connectivity index (χ1v) is 12.4. The minimum Gasteiger partial charge on any atom is -0.394 e. The molecule has 36 heavy (non-hydrogen) atoms. The molecule has 3 N–H and O–H groups in total. The van der Waals surface area contributed by atoms with Crippen molar-refractivity contribution in [1.82, 2.24) is 9.91 Å². The van der Waals surface area contributed by atoms with Crippen LogP contribution in [0.4, 0.5) is 13.6 Å². The summed E-state index contributed by atoms with van der Waals surface area (Å²) in [6.07, 6.45) is 0.989. The van der Waals surface area contributed by atoms with Gasteiger partial charge in [-0.1, -0.05) is 72.4 Å². The smallest absolute Gasteiger partial charge is 0.342 e. The highest BCUT2D eigenvalue weighted by Crippen LogP contribution is 2.51. The molecule has 1 aliphatic rings. The van der Waals surface area contributed by atoms with Gasteiger partial charge in [-0.15, -0.1) is 0 Å². The van der Waals surface area contributed by atoms with Gasteiger partial charge in [0.1, 0.15) is 21.5 Å². The number of nitrogens with two attached hydrogens (primary N) is 1. The number of carbonyl (C=O) groups excluding carboxylic acids is 1. The molecule has 0 spiro atoms. The lowest BCUT2D eigenvalue weighted by atomic mass is 10.00. The highest BCUT2D eigenvalue weighted by Gasteiger charge is 2.50. The third-order valence-electron chi connectivity index (χ3n) is 6.21. The second kappa shape index (κ2) is 11.2. The van der Waals surface area contributed by atoms with Crippen LogP contribution in [0.5, 0.6) is 0 Å². The summed E-state index contributed by atoms with van der Waals surface area (Å²) in [6.45, 7) is 0.0728. The molecule has 1 unspecified atom stereocenters. The lowest BCUT2D eigenvalue weighted by Gasteiger charge is -2.39. The van der Waals surface area contributed by atoms with Gasteiger partial charge in [0, 0.05) is 12.6 Å². The van der Waals surface area contributed by atoms with Crippen molar-refractivity contribution in [2.45, 2.75) is 23.8 Å². The number of benzene rings is 3. The molecular weight excluding hydrogens is 482 g/mol. The van der Waals surface area contributed by atoms with Gasteiger partial charge in [0.2, 0.25) is 0 Å². The Morgan fingerprint density at radius 2 is 1.78 bits per heavy atom. The van der Waals surface area contributed by atoms with Gasteiger partial charge in [0.15, 0.2) is 0 Å². The number of thioether (sulfide) groups is 1. The highest BCUT2D eigenvalue weighted by molar-refractivity contribution is 8.15. The Bertz CT molecular complexity index is 1230. The van der Waals surface area contributed by atoms with Crippen LogP contribution in [0.2, 0.25) is 0 Å². The molecule has 0 saturated heterocycles. The highest BCUT2D eigenvalue weighted by atomic mass is 32.2. The molecule has 2 atom stereocenters. The number of aliphatic hydroxyl groups is 1. The van der Waals surface area contributed by atoms with Crippen LogP contribution in [-0.2, 0) is 4.87 Å². The van der Waals surface area contributed by atoms with Crippen molar-refractivity contribution in [3.8, 4) is 0 Å². The zero-order chi connectivity index (χ0) is 25.7. The minimum absolute atomic E-state index is 0.0206. The Morgan fingerprint density at radius 1 is 1.11 bits per heavy atom. The fourth-order valence-electron chi connectivity index (χ4n) is 4.29. The Morgan fingerprint density at radius 3 is 2.42 bits per heavy atom. The summed E-state index contributed by atoms with van der Waals surface area (Å²) in [6, 6.07) is 20.6. The van der Waals surface area contributed by atoms with Crippen LogP contribution in [0.3, 0.4) is 0 Å². The molecule has 0 fully saturated rings. The van der Waals surface area contributed by atoms with E-state index in [2.05, 4.69) is 5.10 Å². The molecular formula is C27H28F2N4O2S. The maximum Gasteiger partial charge on any atom is 0.342 e. The van der Waals surface area contributed by atoms with Crippen LogP contribution in [0.25, 0.3) is 0 Å². The van der Waals surface area contributed by atoms with Crippen LogP contribution >= 0.6 is 11.8 Å². The second-order valence-electron chi connectivity index (χ2n) is 8.49. The maximum absolute atomic E-state index is 14.8. The quantitative estimate of drug-likeness (QED) is 0.444. The van der Waals surface area contributed by atoms with Crippen molar-refractivity contribution < 1.29 is 18.7 Å². The number of aliphatic hydroxyl groups excluding tert-OH is 1. The second-order valence-corrected chi connectivity index (χ2v) is 9.75. The van der Waals surface area contributed by atoms with Crippen LogP contribution < -0.4 is 5.73 Å². The van der Waals surface area contributed by atoms with Gasteiger partial charge in [0.25, 0.3) is 0 Å². The van der Waals surface area contributed by atoms with Crippen molar-refractivity contribution >= 4 is 22.8 Å². The van der Waals surface area contributed by atoms with E-state index in [4.69, 9.17) is 5.73 Å². The predicted molar refractivity (Wildman–Crippen MR) is 138 cm³/mol. The van der Waals surface area contributed by atoms with Crippen LogP contribution in [0.1, 0.15) is 35.6 Å². The van der Waals surface area contributed by atoms with Crippen LogP contribution in [0.15, 0.2) is 84.0 Å². The number of urea groups is 1. The summed E-state index contributed by atoms with van der Waals surface area (Å²) in [7, 11) is 1.59. The van der Waals surface area contributed by atoms with Crippen molar-refractivity contribution in [1.29, 1.82) is 0 Å². The largest absolute Gasteiger partial charge is 0.394 e. The lowest BCUT2D eigenvalue weighted by molar-refractivity contribution is 0.0992. The molecule has 3 aromatic rings. The number of carbonyl (C=O) groups is 1. The van der Waals surface area contributed by atoms with E-state index in [1.54, 1.807) is 7.05 Å². The fourth-order valence-corrected chi connectivity index (χ4v) is 5.71. The van der Waals surface area contributed by atoms with Gasteiger partial charge < -0.3 is 15.7 Å². The molecule has 9 heteroatoms. The molecule has 6 nitrogen and oxygen atoms in total. The topological polar surface area (TPSA) is 82.2 Å². The maximum atomic E-state index is 14.8. The third kappa shape index (κ3) is 5.00. The number of hydrazone groups is 1. The first-order chi connectivity index (χ1) is 17.4. The zero-order valence-electron chi connectivity index (χ0n) is 19.8. The summed E-state index contributed by atoms with van der Waals surface area (Å²) in [4.78, 5) is 14.4. The molecule has 2 amide bonds. The minimum atomic E-state index is -1.04. The Hall–Kier alpha value is -3.27. The molecule has 3 aromatic carbocycles. The number of halogens is 2. The van der Waals surface area contributed by atoms with Crippen molar-refractivity contribution in [3.63, 3.8) is 0 Å². The Kier molecular flexibility index (Phi) is 8.03. The van der Waals surface area contributed by atoms with E-state index in [0.717, 1.165) is 29.3 Å². The molecule has 0 radical (unpaired) electrons. The normalized spacial score (nSPS) is 18.1. The fraction of sp³-hybridized carbons (Fsp3) is 0.259. The molecule has 0 aromatic heterocycles. The molecule has 4 rings (SSSR count). The average molecular weight is 511 g/mol. The molecule has 1 heterocycles. The van der Waals surface area contributed by atoms with E-state index in [0.29, 0.717) is 19.4 Å². The van der Waals surface area contributed by atoms with Gasteiger partial charge in [-0.2, -0.15) is 10.1 Å². The number of likely N-dealkylation sites (N-methyl/N-ethyl adjacent to an activating group) is 1. The molecule has 1 aliphatic heterocycles. The van der Waals surface area contributed by atoms with Crippen molar-refractivity contribution in [3.05, 3.63) is 107 Å². The summed E-state index contributed by atoms with van der Waals surface area (Å²) in [5, 5.41) is 16.2. The third-order valence-corrected chi connectivity index (χ3v) is 7.65.